The van der Waals surface area contributed by atoms with Crippen LogP contribution in [0.1, 0.15) is 40.8 Å². The third kappa shape index (κ3) is 3.58. The van der Waals surface area contributed by atoms with Crippen LogP contribution in [-0.4, -0.2) is 44.1 Å². The summed E-state index contributed by atoms with van der Waals surface area (Å²) in [5.74, 6) is 1.57. The number of likely N-dealkylation sites (tertiary alicyclic amines) is 1. The molecular formula is C20H20FN5O. The Bertz CT molecular complexity index is 945. The summed E-state index contributed by atoms with van der Waals surface area (Å²) in [7, 11) is 0. The molecule has 1 fully saturated rings. The van der Waals surface area contributed by atoms with Gasteiger partial charge in [0.2, 0.25) is 0 Å². The molecule has 1 aliphatic heterocycles. The van der Waals surface area contributed by atoms with Gasteiger partial charge in [0.05, 0.1) is 6.20 Å². The molecule has 3 aromatic rings. The lowest BCUT2D eigenvalue weighted by Gasteiger charge is -2.30. The molecule has 0 spiro atoms. The van der Waals surface area contributed by atoms with Crippen molar-refractivity contribution < 1.29 is 9.18 Å². The van der Waals surface area contributed by atoms with Gasteiger partial charge in [-0.3, -0.25) is 14.9 Å². The van der Waals surface area contributed by atoms with E-state index in [0.29, 0.717) is 24.2 Å². The monoisotopic (exact) mass is 365 g/mol. The first-order chi connectivity index (χ1) is 13.1. The Hall–Kier alpha value is -3.09. The van der Waals surface area contributed by atoms with Crippen molar-refractivity contribution >= 4 is 5.91 Å². The molecule has 0 radical (unpaired) electrons. The van der Waals surface area contributed by atoms with Crippen molar-refractivity contribution in [1.82, 2.24) is 25.1 Å². The Morgan fingerprint density at radius 3 is 2.56 bits per heavy atom. The van der Waals surface area contributed by atoms with Gasteiger partial charge >= 0.3 is 0 Å². The Morgan fingerprint density at radius 2 is 1.93 bits per heavy atom. The number of H-pyrrole nitrogens is 1. The highest BCUT2D eigenvalue weighted by molar-refractivity contribution is 5.94. The molecule has 4 rings (SSSR count). The van der Waals surface area contributed by atoms with Crippen LogP contribution in [-0.2, 0) is 0 Å². The molecule has 0 atom stereocenters. The smallest absolute Gasteiger partial charge is 0.253 e. The average molecular weight is 365 g/mol. The van der Waals surface area contributed by atoms with Gasteiger partial charge in [-0.25, -0.2) is 9.37 Å². The highest BCUT2D eigenvalue weighted by atomic mass is 19.1. The summed E-state index contributed by atoms with van der Waals surface area (Å²) in [5.41, 5.74) is 1.82. The van der Waals surface area contributed by atoms with E-state index in [1.165, 1.54) is 6.20 Å². The Balaban J connectivity index is 1.42. The fourth-order valence-electron chi connectivity index (χ4n) is 3.47. The number of hydrogen-bond donors (Lipinski definition) is 1. The lowest BCUT2D eigenvalue weighted by molar-refractivity contribution is 0.0711. The first-order valence-electron chi connectivity index (χ1n) is 9.00. The molecule has 0 bridgehead atoms. The number of benzene rings is 1. The molecule has 138 valence electrons. The minimum Gasteiger partial charge on any atom is -0.339 e. The van der Waals surface area contributed by atoms with E-state index >= 15 is 0 Å². The zero-order valence-corrected chi connectivity index (χ0v) is 15.0. The van der Waals surface area contributed by atoms with Crippen LogP contribution < -0.4 is 0 Å². The van der Waals surface area contributed by atoms with Crippen molar-refractivity contribution in [3.63, 3.8) is 0 Å². The van der Waals surface area contributed by atoms with Gasteiger partial charge in [-0.1, -0.05) is 12.1 Å². The van der Waals surface area contributed by atoms with Gasteiger partial charge in [0.15, 0.2) is 5.82 Å². The largest absolute Gasteiger partial charge is 0.339 e. The molecule has 2 aromatic heterocycles. The number of aromatic nitrogens is 4. The van der Waals surface area contributed by atoms with Crippen LogP contribution in [0.2, 0.25) is 0 Å². The number of aromatic amines is 1. The second-order valence-corrected chi connectivity index (χ2v) is 6.78. The number of hydrogen-bond acceptors (Lipinski definition) is 4. The molecule has 0 saturated carbocycles. The summed E-state index contributed by atoms with van der Waals surface area (Å²) in [4.78, 5) is 22.8. The van der Waals surface area contributed by atoms with Gasteiger partial charge in [0, 0.05) is 36.3 Å². The maximum atomic E-state index is 13.9. The molecule has 1 saturated heterocycles. The zero-order chi connectivity index (χ0) is 18.8. The number of nitrogens with zero attached hydrogens (tertiary/aromatic N) is 4. The molecule has 0 unspecified atom stereocenters. The lowest BCUT2D eigenvalue weighted by atomic mass is 9.95. The number of nitrogens with one attached hydrogen (secondary N) is 1. The topological polar surface area (TPSA) is 74.8 Å². The number of aryl methyl sites for hydroxylation is 1. The van der Waals surface area contributed by atoms with Crippen molar-refractivity contribution in [3.05, 3.63) is 65.8 Å². The summed E-state index contributed by atoms with van der Waals surface area (Å²) in [6.07, 6.45) is 4.44. The Morgan fingerprint density at radius 1 is 1.19 bits per heavy atom. The van der Waals surface area contributed by atoms with Gasteiger partial charge in [-0.2, -0.15) is 5.10 Å². The number of halogens is 1. The van der Waals surface area contributed by atoms with Crippen LogP contribution >= 0.6 is 0 Å². The molecule has 0 aliphatic carbocycles. The number of carbonyl (C=O) groups excluding carboxylic acids is 1. The van der Waals surface area contributed by atoms with E-state index in [1.54, 1.807) is 36.5 Å². The Kier molecular flexibility index (Phi) is 4.66. The first-order valence-corrected chi connectivity index (χ1v) is 9.00. The molecule has 1 amide bonds. The van der Waals surface area contributed by atoms with Crippen molar-refractivity contribution in [3.8, 4) is 11.1 Å². The van der Waals surface area contributed by atoms with E-state index in [0.717, 1.165) is 30.1 Å². The molecular weight excluding hydrogens is 345 g/mol. The summed E-state index contributed by atoms with van der Waals surface area (Å²) >= 11 is 0. The number of pyridine rings is 1. The van der Waals surface area contributed by atoms with E-state index in [1.807, 2.05) is 11.8 Å². The zero-order valence-electron chi connectivity index (χ0n) is 15.0. The first kappa shape index (κ1) is 17.3. The van der Waals surface area contributed by atoms with Crippen LogP contribution in [0.4, 0.5) is 4.39 Å². The van der Waals surface area contributed by atoms with Crippen LogP contribution in [0.15, 0.2) is 42.7 Å². The lowest BCUT2D eigenvalue weighted by Crippen LogP contribution is -2.38. The van der Waals surface area contributed by atoms with Crippen molar-refractivity contribution in [2.24, 2.45) is 0 Å². The fourth-order valence-corrected chi connectivity index (χ4v) is 3.47. The number of amides is 1. The van der Waals surface area contributed by atoms with Crippen LogP contribution in [0.3, 0.4) is 0 Å². The maximum Gasteiger partial charge on any atom is 0.253 e. The highest BCUT2D eigenvalue weighted by Crippen LogP contribution is 2.27. The minimum atomic E-state index is -0.374. The summed E-state index contributed by atoms with van der Waals surface area (Å²) in [5, 5.41) is 7.11. The number of rotatable bonds is 3. The quantitative estimate of drug-likeness (QED) is 0.772. The molecule has 1 N–H and O–H groups in total. The fraction of sp³-hybridized carbons (Fsp3) is 0.300. The number of piperidine rings is 1. The second-order valence-electron chi connectivity index (χ2n) is 6.78. The van der Waals surface area contributed by atoms with E-state index in [4.69, 9.17) is 0 Å². The Labute approximate surface area is 156 Å². The van der Waals surface area contributed by atoms with Crippen molar-refractivity contribution in [1.29, 1.82) is 0 Å². The predicted octanol–water partition coefficient (Wildman–Crippen LogP) is 3.33. The highest BCUT2D eigenvalue weighted by Gasteiger charge is 2.26. The molecule has 27 heavy (non-hydrogen) atoms. The SMILES string of the molecule is Cc1nc(C2CCN(C(=O)c3ccc(-c4ccncc4F)cc3)CC2)n[nH]1. The third-order valence-corrected chi connectivity index (χ3v) is 4.98. The van der Waals surface area contributed by atoms with Crippen molar-refractivity contribution in [2.75, 3.05) is 13.1 Å². The normalized spacial score (nSPS) is 15.1. The van der Waals surface area contributed by atoms with Crippen LogP contribution in [0.5, 0.6) is 0 Å². The molecule has 1 aliphatic rings. The summed E-state index contributed by atoms with van der Waals surface area (Å²) in [6.45, 7) is 3.24. The van der Waals surface area contributed by atoms with Crippen LogP contribution in [0.25, 0.3) is 11.1 Å². The van der Waals surface area contributed by atoms with Gasteiger partial charge < -0.3 is 4.90 Å². The van der Waals surface area contributed by atoms with Gasteiger partial charge in [0.1, 0.15) is 11.6 Å². The summed E-state index contributed by atoms with van der Waals surface area (Å²) < 4.78 is 13.9. The number of carbonyl (C=O) groups is 1. The van der Waals surface area contributed by atoms with Gasteiger partial charge in [0.25, 0.3) is 5.91 Å². The van der Waals surface area contributed by atoms with Gasteiger partial charge in [-0.05, 0) is 43.5 Å². The third-order valence-electron chi connectivity index (χ3n) is 4.98. The van der Waals surface area contributed by atoms with E-state index in [-0.39, 0.29) is 17.6 Å². The van der Waals surface area contributed by atoms with Crippen LogP contribution in [0, 0.1) is 12.7 Å². The molecule has 7 heteroatoms. The maximum absolute atomic E-state index is 13.9. The molecule has 6 nitrogen and oxygen atoms in total. The summed E-state index contributed by atoms with van der Waals surface area (Å²) in [6, 6.07) is 8.68. The van der Waals surface area contributed by atoms with Crippen molar-refractivity contribution in [2.45, 2.75) is 25.7 Å². The predicted molar refractivity (Wildman–Crippen MR) is 98.6 cm³/mol. The average Bonchev–Trinajstić information content (AvgIpc) is 3.14. The van der Waals surface area contributed by atoms with E-state index in [2.05, 4.69) is 20.2 Å². The van der Waals surface area contributed by atoms with Gasteiger partial charge in [-0.15, -0.1) is 0 Å². The molecule has 3 heterocycles. The standard InChI is InChI=1S/C20H20FN5O/c1-13-23-19(25-24-13)15-7-10-26(11-8-15)20(27)16-4-2-14(3-5-16)17-6-9-22-12-18(17)21/h2-6,9,12,15H,7-8,10-11H2,1H3,(H,23,24,25). The molecule has 1 aromatic carbocycles. The second kappa shape index (κ2) is 7.26. The van der Waals surface area contributed by atoms with E-state index in [9.17, 15) is 9.18 Å². The minimum absolute atomic E-state index is 0.00127. The van der Waals surface area contributed by atoms with E-state index < -0.39 is 0 Å².